The predicted octanol–water partition coefficient (Wildman–Crippen LogP) is 1.83. The van der Waals surface area contributed by atoms with E-state index >= 15 is 0 Å². The molecule has 5 heteroatoms. The van der Waals surface area contributed by atoms with Crippen LogP contribution in [0.4, 0.5) is 5.13 Å². The number of aromatic carboxylic acids is 1. The van der Waals surface area contributed by atoms with E-state index in [1.807, 2.05) is 4.90 Å². The van der Waals surface area contributed by atoms with Crippen molar-refractivity contribution in [2.45, 2.75) is 25.3 Å². The van der Waals surface area contributed by atoms with E-state index in [-0.39, 0.29) is 4.88 Å². The van der Waals surface area contributed by atoms with E-state index in [1.54, 1.807) is 0 Å². The molecule has 1 saturated carbocycles. The van der Waals surface area contributed by atoms with E-state index in [1.165, 1.54) is 24.0 Å². The molecule has 0 amide bonds. The Labute approximate surface area is 97.9 Å². The quantitative estimate of drug-likeness (QED) is 0.810. The zero-order valence-electron chi connectivity index (χ0n) is 8.72. The summed E-state index contributed by atoms with van der Waals surface area (Å²) < 4.78 is 0. The molecule has 4 nitrogen and oxygen atoms in total. The first-order valence-electron chi connectivity index (χ1n) is 5.11. The topological polar surface area (TPSA) is 53.4 Å². The Morgan fingerprint density at radius 3 is 2.94 bits per heavy atom. The highest BCUT2D eigenvalue weighted by atomic mass is 32.1. The first-order valence-corrected chi connectivity index (χ1v) is 5.93. The van der Waals surface area contributed by atoms with Crippen molar-refractivity contribution in [1.82, 2.24) is 4.98 Å². The Hall–Kier alpha value is -1.54. The predicted molar refractivity (Wildman–Crippen MR) is 62.9 cm³/mol. The van der Waals surface area contributed by atoms with Crippen LogP contribution >= 0.6 is 11.3 Å². The van der Waals surface area contributed by atoms with Gasteiger partial charge < -0.3 is 10.0 Å². The van der Waals surface area contributed by atoms with Gasteiger partial charge in [0.15, 0.2) is 5.13 Å². The Balaban J connectivity index is 2.17. The Morgan fingerprint density at radius 2 is 2.50 bits per heavy atom. The number of anilines is 1. The van der Waals surface area contributed by atoms with Crippen molar-refractivity contribution in [3.63, 3.8) is 0 Å². The fourth-order valence-electron chi connectivity index (χ4n) is 1.65. The highest BCUT2D eigenvalue weighted by molar-refractivity contribution is 7.17. The van der Waals surface area contributed by atoms with Gasteiger partial charge in [-0.3, -0.25) is 0 Å². The molecule has 1 aliphatic rings. The fourth-order valence-corrected chi connectivity index (χ4v) is 2.47. The fraction of sp³-hybridized carbons (Fsp3) is 0.455. The van der Waals surface area contributed by atoms with Crippen LogP contribution in [0.25, 0.3) is 0 Å². The molecule has 0 unspecified atom stereocenters. The monoisotopic (exact) mass is 236 g/mol. The van der Waals surface area contributed by atoms with Crippen LogP contribution in [0.15, 0.2) is 6.20 Å². The SMILES string of the molecule is C#CCN(c1ncc(C(=O)O)s1)C1CCC1. The second-order valence-corrected chi connectivity index (χ2v) is 4.74. The lowest BCUT2D eigenvalue weighted by atomic mass is 9.92. The summed E-state index contributed by atoms with van der Waals surface area (Å²) in [7, 11) is 0. The molecular weight excluding hydrogens is 224 g/mol. The Kier molecular flexibility index (Phi) is 3.11. The molecule has 1 aromatic heterocycles. The summed E-state index contributed by atoms with van der Waals surface area (Å²) in [5.74, 6) is 1.67. The molecule has 1 aliphatic carbocycles. The molecule has 0 radical (unpaired) electrons. The normalized spacial score (nSPS) is 15.2. The molecule has 1 heterocycles. The molecule has 0 bridgehead atoms. The van der Waals surface area contributed by atoms with Gasteiger partial charge in [0.1, 0.15) is 4.88 Å². The second-order valence-electron chi connectivity index (χ2n) is 3.73. The average molecular weight is 236 g/mol. The van der Waals surface area contributed by atoms with Gasteiger partial charge in [0.25, 0.3) is 0 Å². The van der Waals surface area contributed by atoms with Crippen LogP contribution < -0.4 is 4.90 Å². The number of carboxylic acids is 1. The molecule has 0 saturated heterocycles. The number of hydrogen-bond acceptors (Lipinski definition) is 4. The number of thiazole rings is 1. The molecule has 84 valence electrons. The summed E-state index contributed by atoms with van der Waals surface area (Å²) in [6, 6.07) is 0.434. The third kappa shape index (κ3) is 2.02. The van der Waals surface area contributed by atoms with Gasteiger partial charge in [0.05, 0.1) is 12.7 Å². The lowest BCUT2D eigenvalue weighted by molar-refractivity contribution is 0.0702. The lowest BCUT2D eigenvalue weighted by Gasteiger charge is -2.36. The van der Waals surface area contributed by atoms with Crippen molar-refractivity contribution in [3.8, 4) is 12.3 Å². The van der Waals surface area contributed by atoms with Crippen LogP contribution in [0.2, 0.25) is 0 Å². The average Bonchev–Trinajstić information content (AvgIpc) is 2.62. The molecule has 2 rings (SSSR count). The van der Waals surface area contributed by atoms with Gasteiger partial charge >= 0.3 is 5.97 Å². The van der Waals surface area contributed by atoms with Crippen LogP contribution in [0.3, 0.4) is 0 Å². The largest absolute Gasteiger partial charge is 0.477 e. The maximum Gasteiger partial charge on any atom is 0.347 e. The standard InChI is InChI=1S/C11H12N2O2S/c1-2-6-13(8-4-3-5-8)11-12-7-9(16-11)10(14)15/h1,7-8H,3-6H2,(H,14,15). The van der Waals surface area contributed by atoms with Gasteiger partial charge in [-0.1, -0.05) is 17.3 Å². The molecule has 0 atom stereocenters. The minimum absolute atomic E-state index is 0.261. The van der Waals surface area contributed by atoms with E-state index in [4.69, 9.17) is 11.5 Å². The van der Waals surface area contributed by atoms with Gasteiger partial charge in [-0.15, -0.1) is 6.42 Å². The summed E-state index contributed by atoms with van der Waals surface area (Å²) in [6.45, 7) is 0.497. The van der Waals surface area contributed by atoms with Crippen molar-refractivity contribution in [3.05, 3.63) is 11.1 Å². The minimum atomic E-state index is -0.932. The van der Waals surface area contributed by atoms with Crippen LogP contribution in [-0.4, -0.2) is 28.6 Å². The summed E-state index contributed by atoms with van der Waals surface area (Å²) in [4.78, 5) is 17.2. The van der Waals surface area contributed by atoms with Gasteiger partial charge in [-0.2, -0.15) is 0 Å². The van der Waals surface area contributed by atoms with E-state index in [2.05, 4.69) is 10.9 Å². The van der Waals surface area contributed by atoms with Gasteiger partial charge in [-0.05, 0) is 19.3 Å². The van der Waals surface area contributed by atoms with Gasteiger partial charge in [-0.25, -0.2) is 9.78 Å². The van der Waals surface area contributed by atoms with Gasteiger partial charge in [0, 0.05) is 6.04 Å². The van der Waals surface area contributed by atoms with Crippen molar-refractivity contribution in [2.24, 2.45) is 0 Å². The highest BCUT2D eigenvalue weighted by Gasteiger charge is 2.26. The van der Waals surface area contributed by atoms with Crippen LogP contribution in [0.5, 0.6) is 0 Å². The molecule has 0 aromatic carbocycles. The number of hydrogen-bond donors (Lipinski definition) is 1. The van der Waals surface area contributed by atoms with E-state index in [9.17, 15) is 4.79 Å². The van der Waals surface area contributed by atoms with E-state index in [0.717, 1.165) is 18.0 Å². The summed E-state index contributed by atoms with van der Waals surface area (Å²) in [5, 5.41) is 9.55. The maximum atomic E-state index is 10.8. The maximum absolute atomic E-state index is 10.8. The third-order valence-electron chi connectivity index (χ3n) is 2.73. The Morgan fingerprint density at radius 1 is 1.75 bits per heavy atom. The molecule has 1 N–H and O–H groups in total. The number of aromatic nitrogens is 1. The number of carboxylic acid groups (broad SMARTS) is 1. The molecule has 1 fully saturated rings. The smallest absolute Gasteiger partial charge is 0.347 e. The van der Waals surface area contributed by atoms with Crippen LogP contribution in [0.1, 0.15) is 28.9 Å². The van der Waals surface area contributed by atoms with Crippen molar-refractivity contribution in [2.75, 3.05) is 11.4 Å². The van der Waals surface area contributed by atoms with Crippen molar-refractivity contribution < 1.29 is 9.90 Å². The zero-order chi connectivity index (χ0) is 11.5. The summed E-state index contributed by atoms with van der Waals surface area (Å²) >= 11 is 1.19. The Bertz CT molecular complexity index is 431. The first-order chi connectivity index (χ1) is 7.72. The summed E-state index contributed by atoms with van der Waals surface area (Å²) in [5.41, 5.74) is 0. The molecule has 0 aliphatic heterocycles. The highest BCUT2D eigenvalue weighted by Crippen LogP contribution is 2.31. The molecular formula is C11H12N2O2S. The van der Waals surface area contributed by atoms with E-state index in [0.29, 0.717) is 12.6 Å². The van der Waals surface area contributed by atoms with Crippen LogP contribution in [-0.2, 0) is 0 Å². The first kappa shape index (κ1) is 11.0. The van der Waals surface area contributed by atoms with Gasteiger partial charge in [0.2, 0.25) is 0 Å². The molecule has 1 aromatic rings. The molecule has 16 heavy (non-hydrogen) atoms. The number of rotatable bonds is 4. The van der Waals surface area contributed by atoms with E-state index < -0.39 is 5.97 Å². The number of carbonyl (C=O) groups is 1. The lowest BCUT2D eigenvalue weighted by Crippen LogP contribution is -2.40. The zero-order valence-corrected chi connectivity index (χ0v) is 9.54. The summed E-state index contributed by atoms with van der Waals surface area (Å²) in [6.07, 6.45) is 10.2. The number of nitrogens with zero attached hydrogens (tertiary/aromatic N) is 2. The van der Waals surface area contributed by atoms with Crippen molar-refractivity contribution >= 4 is 22.4 Å². The molecule has 0 spiro atoms. The van der Waals surface area contributed by atoms with Crippen molar-refractivity contribution in [1.29, 1.82) is 0 Å². The third-order valence-corrected chi connectivity index (χ3v) is 3.75. The minimum Gasteiger partial charge on any atom is -0.477 e. The number of terminal acetylenes is 1. The van der Waals surface area contributed by atoms with Crippen LogP contribution in [0, 0.1) is 12.3 Å². The second kappa shape index (κ2) is 4.54.